The Labute approximate surface area is 75.0 Å². The Morgan fingerprint density at radius 1 is 1.54 bits per heavy atom. The number of aryl methyl sites for hydroxylation is 1. The summed E-state index contributed by atoms with van der Waals surface area (Å²) < 4.78 is 23.6. The Morgan fingerprint density at radius 3 is 2.77 bits per heavy atom. The normalized spacial score (nSPS) is 10.5. The van der Waals surface area contributed by atoms with Crippen LogP contribution in [0.4, 0.5) is 20.3 Å². The fourth-order valence-electron chi connectivity index (χ4n) is 0.852. The highest BCUT2D eigenvalue weighted by atomic mass is 19.3. The number of halogens is 2. The SMILES string of the molecule is Cc1nc(NCC(F)F)ccc1N. The zero-order chi connectivity index (χ0) is 9.84. The lowest BCUT2D eigenvalue weighted by molar-refractivity contribution is 0.163. The Hall–Kier alpha value is -1.39. The van der Waals surface area contributed by atoms with Crippen LogP contribution in [0.3, 0.4) is 0 Å². The van der Waals surface area contributed by atoms with Crippen LogP contribution in [0.5, 0.6) is 0 Å². The van der Waals surface area contributed by atoms with Crippen molar-refractivity contribution in [2.45, 2.75) is 13.3 Å². The highest BCUT2D eigenvalue weighted by Gasteiger charge is 2.02. The molecule has 0 aromatic carbocycles. The van der Waals surface area contributed by atoms with Gasteiger partial charge in [-0.05, 0) is 19.1 Å². The van der Waals surface area contributed by atoms with Gasteiger partial charge in [0.1, 0.15) is 5.82 Å². The summed E-state index contributed by atoms with van der Waals surface area (Å²) in [5.74, 6) is 0.423. The van der Waals surface area contributed by atoms with Crippen molar-refractivity contribution in [3.8, 4) is 0 Å². The Morgan fingerprint density at radius 2 is 2.23 bits per heavy atom. The number of nitrogens with two attached hydrogens (primary N) is 1. The van der Waals surface area contributed by atoms with Crippen LogP contribution in [0.1, 0.15) is 5.69 Å². The van der Waals surface area contributed by atoms with E-state index in [2.05, 4.69) is 10.3 Å². The summed E-state index contributed by atoms with van der Waals surface area (Å²) in [5, 5.41) is 2.50. The second-order valence-corrected chi connectivity index (χ2v) is 2.64. The molecule has 0 aliphatic heterocycles. The summed E-state index contributed by atoms with van der Waals surface area (Å²) in [5.41, 5.74) is 6.70. The zero-order valence-electron chi connectivity index (χ0n) is 7.22. The standard InChI is InChI=1S/C8H11F2N3/c1-5-6(11)2-3-8(13-5)12-4-7(9)10/h2-3,7H,4,11H2,1H3,(H,12,13). The van der Waals surface area contributed by atoms with E-state index >= 15 is 0 Å². The number of hydrogen-bond donors (Lipinski definition) is 2. The van der Waals surface area contributed by atoms with Crippen LogP contribution in [0.2, 0.25) is 0 Å². The summed E-state index contributed by atoms with van der Waals surface area (Å²) in [7, 11) is 0. The van der Waals surface area contributed by atoms with E-state index in [1.165, 1.54) is 0 Å². The average Bonchev–Trinajstić information content (AvgIpc) is 2.07. The third-order valence-electron chi connectivity index (χ3n) is 1.56. The van der Waals surface area contributed by atoms with Gasteiger partial charge in [0.05, 0.1) is 17.9 Å². The average molecular weight is 187 g/mol. The van der Waals surface area contributed by atoms with Gasteiger partial charge >= 0.3 is 0 Å². The quantitative estimate of drug-likeness (QED) is 0.756. The predicted octanol–water partition coefficient (Wildman–Crippen LogP) is 1.65. The highest BCUT2D eigenvalue weighted by Crippen LogP contribution is 2.11. The molecule has 3 N–H and O–H groups in total. The van der Waals surface area contributed by atoms with Gasteiger partial charge in [0.2, 0.25) is 0 Å². The van der Waals surface area contributed by atoms with E-state index in [9.17, 15) is 8.78 Å². The maximum atomic E-state index is 11.8. The van der Waals surface area contributed by atoms with Crippen molar-refractivity contribution in [1.29, 1.82) is 0 Å². The minimum atomic E-state index is -2.38. The first-order valence-corrected chi connectivity index (χ1v) is 3.84. The van der Waals surface area contributed by atoms with Gasteiger partial charge in [-0.25, -0.2) is 13.8 Å². The Balaban J connectivity index is 2.63. The fraction of sp³-hybridized carbons (Fsp3) is 0.375. The van der Waals surface area contributed by atoms with Crippen LogP contribution in [0.25, 0.3) is 0 Å². The third-order valence-corrected chi connectivity index (χ3v) is 1.56. The molecule has 0 unspecified atom stereocenters. The molecule has 3 nitrogen and oxygen atoms in total. The Kier molecular flexibility index (Phi) is 3.00. The first-order valence-electron chi connectivity index (χ1n) is 3.84. The van der Waals surface area contributed by atoms with Gasteiger partial charge < -0.3 is 11.1 Å². The number of alkyl halides is 2. The summed E-state index contributed by atoms with van der Waals surface area (Å²) in [6.45, 7) is 1.33. The second kappa shape index (κ2) is 4.02. The molecule has 0 amide bonds. The molecule has 1 aromatic rings. The van der Waals surface area contributed by atoms with Crippen LogP contribution in [-0.4, -0.2) is 18.0 Å². The minimum Gasteiger partial charge on any atom is -0.397 e. The minimum absolute atomic E-state index is 0.393. The summed E-state index contributed by atoms with van der Waals surface area (Å²) in [4.78, 5) is 3.98. The first-order chi connectivity index (χ1) is 6.09. The second-order valence-electron chi connectivity index (χ2n) is 2.64. The molecule has 1 rings (SSSR count). The van der Waals surface area contributed by atoms with Crippen molar-refractivity contribution in [2.24, 2.45) is 0 Å². The molecule has 5 heteroatoms. The fourth-order valence-corrected chi connectivity index (χ4v) is 0.852. The van der Waals surface area contributed by atoms with Gasteiger partial charge in [0.25, 0.3) is 6.43 Å². The molecule has 0 fully saturated rings. The number of nitrogens with zero attached hydrogens (tertiary/aromatic N) is 1. The van der Waals surface area contributed by atoms with Crippen LogP contribution in [0, 0.1) is 6.92 Å². The van der Waals surface area contributed by atoms with E-state index in [-0.39, 0.29) is 0 Å². The largest absolute Gasteiger partial charge is 0.397 e. The lowest BCUT2D eigenvalue weighted by atomic mass is 10.3. The monoisotopic (exact) mass is 187 g/mol. The molecule has 0 saturated carbocycles. The van der Waals surface area contributed by atoms with E-state index < -0.39 is 13.0 Å². The topological polar surface area (TPSA) is 50.9 Å². The van der Waals surface area contributed by atoms with Crippen molar-refractivity contribution >= 4 is 11.5 Å². The number of nitrogens with one attached hydrogen (secondary N) is 1. The molecule has 0 spiro atoms. The van der Waals surface area contributed by atoms with Crippen molar-refractivity contribution in [1.82, 2.24) is 4.98 Å². The summed E-state index contributed by atoms with van der Waals surface area (Å²) in [6, 6.07) is 3.21. The highest BCUT2D eigenvalue weighted by molar-refractivity contribution is 5.48. The summed E-state index contributed by atoms with van der Waals surface area (Å²) in [6.07, 6.45) is -2.38. The number of rotatable bonds is 3. The van der Waals surface area contributed by atoms with Crippen molar-refractivity contribution in [3.05, 3.63) is 17.8 Å². The molecule has 72 valence electrons. The first kappa shape index (κ1) is 9.70. The van der Waals surface area contributed by atoms with Gasteiger partial charge in [-0.3, -0.25) is 0 Å². The molecule has 0 aliphatic rings. The molecule has 0 bridgehead atoms. The zero-order valence-corrected chi connectivity index (χ0v) is 7.22. The molecule has 0 saturated heterocycles. The third kappa shape index (κ3) is 2.85. The van der Waals surface area contributed by atoms with E-state index in [4.69, 9.17) is 5.73 Å². The number of aromatic nitrogens is 1. The molecule has 13 heavy (non-hydrogen) atoms. The number of hydrogen-bond acceptors (Lipinski definition) is 3. The maximum Gasteiger partial charge on any atom is 0.255 e. The molecule has 0 aliphatic carbocycles. The van der Waals surface area contributed by atoms with E-state index in [1.54, 1.807) is 19.1 Å². The van der Waals surface area contributed by atoms with Crippen LogP contribution in [0.15, 0.2) is 12.1 Å². The molecular formula is C8H11F2N3. The number of nitrogen functional groups attached to an aromatic ring is 1. The lowest BCUT2D eigenvalue weighted by Crippen LogP contribution is -2.11. The van der Waals surface area contributed by atoms with Crippen molar-refractivity contribution in [3.63, 3.8) is 0 Å². The van der Waals surface area contributed by atoms with E-state index in [0.29, 0.717) is 17.2 Å². The van der Waals surface area contributed by atoms with Gasteiger partial charge in [-0.1, -0.05) is 0 Å². The molecular weight excluding hydrogens is 176 g/mol. The van der Waals surface area contributed by atoms with Crippen LogP contribution < -0.4 is 11.1 Å². The molecule has 1 aromatic heterocycles. The van der Waals surface area contributed by atoms with Crippen LogP contribution >= 0.6 is 0 Å². The number of anilines is 2. The molecule has 0 atom stereocenters. The van der Waals surface area contributed by atoms with Gasteiger partial charge in [-0.15, -0.1) is 0 Å². The Bertz CT molecular complexity index is 289. The van der Waals surface area contributed by atoms with Gasteiger partial charge in [0, 0.05) is 0 Å². The van der Waals surface area contributed by atoms with Crippen molar-refractivity contribution < 1.29 is 8.78 Å². The van der Waals surface area contributed by atoms with E-state index in [1.807, 2.05) is 0 Å². The molecule has 0 radical (unpaired) electrons. The lowest BCUT2D eigenvalue weighted by Gasteiger charge is -2.06. The maximum absolute atomic E-state index is 11.8. The number of pyridine rings is 1. The van der Waals surface area contributed by atoms with E-state index in [0.717, 1.165) is 0 Å². The van der Waals surface area contributed by atoms with Crippen molar-refractivity contribution in [2.75, 3.05) is 17.6 Å². The summed E-state index contributed by atoms with van der Waals surface area (Å²) >= 11 is 0. The van der Waals surface area contributed by atoms with Gasteiger partial charge in [-0.2, -0.15) is 0 Å². The predicted molar refractivity (Wildman–Crippen MR) is 47.9 cm³/mol. The van der Waals surface area contributed by atoms with Crippen LogP contribution in [-0.2, 0) is 0 Å². The van der Waals surface area contributed by atoms with Gasteiger partial charge in [0.15, 0.2) is 0 Å². The smallest absolute Gasteiger partial charge is 0.255 e. The molecule has 1 heterocycles.